The molecule has 7 nitrogen and oxygen atoms in total. The summed E-state index contributed by atoms with van der Waals surface area (Å²) < 4.78 is 0. The maximum absolute atomic E-state index is 13.0. The van der Waals surface area contributed by atoms with Gasteiger partial charge in [-0.2, -0.15) is 5.26 Å². The van der Waals surface area contributed by atoms with Crippen LogP contribution in [0.15, 0.2) is 84.9 Å². The summed E-state index contributed by atoms with van der Waals surface area (Å²) in [5.74, 6) is -0.647. The number of hydrogen-bond donors (Lipinski definition) is 1. The molecule has 38 heavy (non-hydrogen) atoms. The van der Waals surface area contributed by atoms with Crippen LogP contribution in [0, 0.1) is 11.3 Å². The number of nitrogens with one attached hydrogen (secondary N) is 1. The monoisotopic (exact) mass is 502 g/mol. The molecule has 3 aromatic carbocycles. The number of benzene rings is 3. The largest absolute Gasteiger partial charge is 0.352 e. The molecule has 1 aliphatic carbocycles. The molecule has 0 radical (unpaired) electrons. The van der Waals surface area contributed by atoms with E-state index in [1.54, 1.807) is 0 Å². The highest BCUT2D eigenvalue weighted by molar-refractivity contribution is 5.89. The molecule has 1 saturated heterocycles. The van der Waals surface area contributed by atoms with Crippen molar-refractivity contribution in [2.75, 3.05) is 31.1 Å². The first-order chi connectivity index (χ1) is 18.7. The lowest BCUT2D eigenvalue weighted by Crippen LogP contribution is -2.48. The molecule has 1 N–H and O–H groups in total. The van der Waals surface area contributed by atoms with E-state index in [9.17, 15) is 10.1 Å². The number of piperazine rings is 1. The highest BCUT2D eigenvalue weighted by Gasteiger charge is 2.34. The Morgan fingerprint density at radius 3 is 1.92 bits per heavy atom. The zero-order valence-corrected chi connectivity index (χ0v) is 21.2. The van der Waals surface area contributed by atoms with Gasteiger partial charge in [0.2, 0.25) is 5.91 Å². The van der Waals surface area contributed by atoms with E-state index in [0.717, 1.165) is 44.5 Å². The minimum atomic E-state index is -0.998. The van der Waals surface area contributed by atoms with Gasteiger partial charge in [-0.1, -0.05) is 72.8 Å². The standard InChI is InChI=1S/C31H30N6O/c32-21-25(31(38)33-24-15-16-24)28-30(35-27-14-8-7-13-26(27)34-28)37-19-17-36(18-20-37)29(22-9-3-1-4-10-22)23-11-5-2-6-12-23/h1-14,24-25,29H,15-20H2,(H,33,38). The van der Waals surface area contributed by atoms with Crippen LogP contribution >= 0.6 is 0 Å². The van der Waals surface area contributed by atoms with Crippen molar-refractivity contribution in [3.8, 4) is 6.07 Å². The average Bonchev–Trinajstić information content (AvgIpc) is 3.79. The van der Waals surface area contributed by atoms with Gasteiger partial charge >= 0.3 is 0 Å². The summed E-state index contributed by atoms with van der Waals surface area (Å²) in [4.78, 5) is 27.5. The van der Waals surface area contributed by atoms with Crippen molar-refractivity contribution in [3.05, 3.63) is 102 Å². The summed E-state index contributed by atoms with van der Waals surface area (Å²) in [6.07, 6.45) is 1.93. The van der Waals surface area contributed by atoms with Gasteiger partial charge in [0.05, 0.1) is 23.1 Å². The summed E-state index contributed by atoms with van der Waals surface area (Å²) >= 11 is 0. The van der Waals surface area contributed by atoms with Crippen LogP contribution in [0.2, 0.25) is 0 Å². The number of rotatable bonds is 7. The molecule has 1 atom stereocenters. The molecule has 190 valence electrons. The van der Waals surface area contributed by atoms with E-state index < -0.39 is 5.92 Å². The van der Waals surface area contributed by atoms with Gasteiger partial charge in [-0.15, -0.1) is 0 Å². The van der Waals surface area contributed by atoms with E-state index in [1.165, 1.54) is 11.1 Å². The van der Waals surface area contributed by atoms with E-state index >= 15 is 0 Å². The molecule has 4 aromatic rings. The average molecular weight is 503 g/mol. The van der Waals surface area contributed by atoms with Crippen molar-refractivity contribution in [2.24, 2.45) is 0 Å². The fourth-order valence-corrected chi connectivity index (χ4v) is 5.26. The number of carbonyl (C=O) groups excluding carboxylic acids is 1. The van der Waals surface area contributed by atoms with Crippen LogP contribution in [-0.2, 0) is 4.79 Å². The van der Waals surface area contributed by atoms with Crippen molar-refractivity contribution in [1.29, 1.82) is 5.26 Å². The minimum absolute atomic E-state index is 0.151. The summed E-state index contributed by atoms with van der Waals surface area (Å²) in [6, 6.07) is 31.4. The molecule has 6 rings (SSSR count). The summed E-state index contributed by atoms with van der Waals surface area (Å²) in [7, 11) is 0. The van der Waals surface area contributed by atoms with Gasteiger partial charge in [0.25, 0.3) is 0 Å². The maximum Gasteiger partial charge on any atom is 0.243 e. The molecule has 7 heteroatoms. The topological polar surface area (TPSA) is 85.1 Å². The Hall–Kier alpha value is -4.28. The van der Waals surface area contributed by atoms with E-state index in [2.05, 4.69) is 81.8 Å². The van der Waals surface area contributed by atoms with Crippen LogP contribution in [0.3, 0.4) is 0 Å². The van der Waals surface area contributed by atoms with Gasteiger partial charge in [-0.25, -0.2) is 9.97 Å². The molecule has 0 spiro atoms. The molecule has 1 unspecified atom stereocenters. The fraction of sp³-hybridized carbons (Fsp3) is 0.290. The third-order valence-corrected chi connectivity index (χ3v) is 7.38. The number of nitrogens with zero attached hydrogens (tertiary/aromatic N) is 5. The summed E-state index contributed by atoms with van der Waals surface area (Å²) in [5, 5.41) is 13.0. The molecule has 2 fully saturated rings. The minimum Gasteiger partial charge on any atom is -0.352 e. The Labute approximate surface area is 222 Å². The quantitative estimate of drug-likeness (QED) is 0.403. The number of carbonyl (C=O) groups is 1. The van der Waals surface area contributed by atoms with E-state index in [4.69, 9.17) is 9.97 Å². The van der Waals surface area contributed by atoms with E-state index in [-0.39, 0.29) is 18.0 Å². The first-order valence-electron chi connectivity index (χ1n) is 13.3. The predicted molar refractivity (Wildman–Crippen MR) is 148 cm³/mol. The summed E-state index contributed by atoms with van der Waals surface area (Å²) in [5.41, 5.74) is 4.43. The Bertz CT molecular complexity index is 1420. The van der Waals surface area contributed by atoms with E-state index in [1.807, 2.05) is 24.3 Å². The smallest absolute Gasteiger partial charge is 0.243 e. The molecule has 2 heterocycles. The number of para-hydroxylation sites is 2. The number of anilines is 1. The van der Waals surface area contributed by atoms with Crippen LogP contribution in [0.25, 0.3) is 11.0 Å². The van der Waals surface area contributed by atoms with Crippen LogP contribution in [-0.4, -0.2) is 53.0 Å². The van der Waals surface area contributed by atoms with Gasteiger partial charge in [-0.3, -0.25) is 9.69 Å². The second-order valence-corrected chi connectivity index (χ2v) is 10.0. The lowest BCUT2D eigenvalue weighted by atomic mass is 9.96. The Morgan fingerprint density at radius 2 is 1.37 bits per heavy atom. The third kappa shape index (κ3) is 4.96. The van der Waals surface area contributed by atoms with Gasteiger partial charge in [0.1, 0.15) is 5.69 Å². The SMILES string of the molecule is N#CC(C(=O)NC1CC1)c1nc2ccccc2nc1N1CCN(C(c2ccccc2)c2ccccc2)CC1. The lowest BCUT2D eigenvalue weighted by molar-refractivity contribution is -0.121. The molecule has 2 aliphatic rings. The van der Waals surface area contributed by atoms with Crippen LogP contribution in [0.4, 0.5) is 5.82 Å². The second kappa shape index (κ2) is 10.6. The zero-order chi connectivity index (χ0) is 25.9. The summed E-state index contributed by atoms with van der Waals surface area (Å²) in [6.45, 7) is 3.07. The highest BCUT2D eigenvalue weighted by Crippen LogP contribution is 2.33. The van der Waals surface area contributed by atoms with Crippen LogP contribution in [0.1, 0.15) is 41.6 Å². The van der Waals surface area contributed by atoms with Crippen molar-refractivity contribution in [2.45, 2.75) is 30.8 Å². The Balaban J connectivity index is 1.30. The zero-order valence-electron chi connectivity index (χ0n) is 21.2. The molecule has 1 aliphatic heterocycles. The van der Waals surface area contributed by atoms with Crippen molar-refractivity contribution in [1.82, 2.24) is 20.2 Å². The number of fused-ring (bicyclic) bond motifs is 1. The van der Waals surface area contributed by atoms with Gasteiger partial charge in [0, 0.05) is 32.2 Å². The highest BCUT2D eigenvalue weighted by atomic mass is 16.2. The van der Waals surface area contributed by atoms with Crippen LogP contribution in [0.5, 0.6) is 0 Å². The fourth-order valence-electron chi connectivity index (χ4n) is 5.26. The van der Waals surface area contributed by atoms with Crippen molar-refractivity contribution >= 4 is 22.8 Å². The number of aromatic nitrogens is 2. The molecule has 1 amide bonds. The lowest BCUT2D eigenvalue weighted by Gasteiger charge is -2.40. The number of amides is 1. The van der Waals surface area contributed by atoms with Crippen molar-refractivity contribution < 1.29 is 4.79 Å². The molecule has 1 aromatic heterocycles. The molecule has 1 saturated carbocycles. The Morgan fingerprint density at radius 1 is 0.816 bits per heavy atom. The molecule has 0 bridgehead atoms. The van der Waals surface area contributed by atoms with Gasteiger partial charge < -0.3 is 10.2 Å². The number of hydrogen-bond acceptors (Lipinski definition) is 6. The Kier molecular flexibility index (Phi) is 6.72. The third-order valence-electron chi connectivity index (χ3n) is 7.38. The number of nitriles is 1. The molecular formula is C31H30N6O. The predicted octanol–water partition coefficient (Wildman–Crippen LogP) is 4.43. The van der Waals surface area contributed by atoms with Crippen LogP contribution < -0.4 is 10.2 Å². The first kappa shape index (κ1) is 24.1. The first-order valence-corrected chi connectivity index (χ1v) is 13.3. The molecular weight excluding hydrogens is 472 g/mol. The second-order valence-electron chi connectivity index (χ2n) is 10.0. The normalized spacial score (nSPS) is 16.8. The van der Waals surface area contributed by atoms with E-state index in [0.29, 0.717) is 17.0 Å². The van der Waals surface area contributed by atoms with Gasteiger partial charge in [0.15, 0.2) is 11.7 Å². The van der Waals surface area contributed by atoms with Crippen molar-refractivity contribution in [3.63, 3.8) is 0 Å². The van der Waals surface area contributed by atoms with Gasteiger partial charge in [-0.05, 0) is 36.1 Å². The maximum atomic E-state index is 13.0.